The Kier molecular flexibility index (Phi) is 5.40. The molecule has 7 nitrogen and oxygen atoms in total. The van der Waals surface area contributed by atoms with Crippen LogP contribution in [0.1, 0.15) is 35.9 Å². The highest BCUT2D eigenvalue weighted by molar-refractivity contribution is 6.08. The van der Waals surface area contributed by atoms with Crippen LogP contribution in [0.5, 0.6) is 11.5 Å². The molecule has 7 heteroatoms. The van der Waals surface area contributed by atoms with Gasteiger partial charge in [-0.3, -0.25) is 9.89 Å². The molecule has 0 saturated carbocycles. The van der Waals surface area contributed by atoms with Crippen LogP contribution >= 0.6 is 0 Å². The van der Waals surface area contributed by atoms with Crippen LogP contribution in [0.3, 0.4) is 0 Å². The summed E-state index contributed by atoms with van der Waals surface area (Å²) in [5.74, 6) is 2.13. The van der Waals surface area contributed by atoms with E-state index >= 15 is 0 Å². The van der Waals surface area contributed by atoms with E-state index in [0.29, 0.717) is 28.6 Å². The quantitative estimate of drug-likeness (QED) is 0.691. The van der Waals surface area contributed by atoms with Crippen LogP contribution in [0.4, 0.5) is 5.69 Å². The maximum atomic E-state index is 12.9. The lowest BCUT2D eigenvalue weighted by Crippen LogP contribution is -2.14. The van der Waals surface area contributed by atoms with Gasteiger partial charge in [0.1, 0.15) is 5.82 Å². The number of para-hydroxylation sites is 2. The van der Waals surface area contributed by atoms with E-state index in [1.165, 1.54) is 14.2 Å². The highest BCUT2D eigenvalue weighted by Crippen LogP contribution is 2.32. The first-order valence-electron chi connectivity index (χ1n) is 8.59. The highest BCUT2D eigenvalue weighted by Gasteiger charge is 2.19. The first kappa shape index (κ1) is 18.4. The average molecular weight is 366 g/mol. The number of methoxy groups -OCH3 is 2. The Morgan fingerprint density at radius 1 is 1.07 bits per heavy atom. The van der Waals surface area contributed by atoms with Crippen LogP contribution in [0.2, 0.25) is 0 Å². The van der Waals surface area contributed by atoms with Crippen molar-refractivity contribution in [3.05, 3.63) is 53.9 Å². The monoisotopic (exact) mass is 366 g/mol. The summed E-state index contributed by atoms with van der Waals surface area (Å²) in [7, 11) is 3.04. The first-order valence-corrected chi connectivity index (χ1v) is 8.59. The summed E-state index contributed by atoms with van der Waals surface area (Å²) in [5.41, 5.74) is 1.72. The molecule has 0 unspecified atom stereocenters. The molecule has 1 aromatic heterocycles. The largest absolute Gasteiger partial charge is 0.493 e. The Labute approximate surface area is 157 Å². The molecule has 0 bridgehead atoms. The Bertz CT molecular complexity index is 950. The zero-order valence-electron chi connectivity index (χ0n) is 15.7. The highest BCUT2D eigenvalue weighted by atomic mass is 16.5. The van der Waals surface area contributed by atoms with Crippen LogP contribution in [-0.2, 0) is 0 Å². The summed E-state index contributed by atoms with van der Waals surface area (Å²) in [5, 5.41) is 10.1. The van der Waals surface area contributed by atoms with Crippen molar-refractivity contribution >= 4 is 11.6 Å². The summed E-state index contributed by atoms with van der Waals surface area (Å²) >= 11 is 0. The molecule has 1 amide bonds. The lowest BCUT2D eigenvalue weighted by atomic mass is 10.1. The molecule has 0 aliphatic carbocycles. The molecule has 27 heavy (non-hydrogen) atoms. The van der Waals surface area contributed by atoms with Crippen molar-refractivity contribution in [2.45, 2.75) is 19.8 Å². The van der Waals surface area contributed by atoms with Crippen molar-refractivity contribution < 1.29 is 14.3 Å². The normalized spacial score (nSPS) is 10.7. The Morgan fingerprint density at radius 2 is 1.85 bits per heavy atom. The number of aromatic amines is 1. The minimum atomic E-state index is -0.308. The van der Waals surface area contributed by atoms with Crippen LogP contribution in [0.15, 0.2) is 42.5 Å². The fourth-order valence-electron chi connectivity index (χ4n) is 2.70. The van der Waals surface area contributed by atoms with Crippen molar-refractivity contribution in [1.82, 2.24) is 15.2 Å². The van der Waals surface area contributed by atoms with Gasteiger partial charge >= 0.3 is 0 Å². The molecular formula is C20H22N4O3. The standard InChI is InChI=1S/C20H22N4O3/c1-12(2)18-22-19(24-23-18)13-8-5-6-10-15(13)21-20(25)14-9-7-11-16(26-3)17(14)27-4/h5-12H,1-4H3,(H,21,25)(H,22,23,24). The van der Waals surface area contributed by atoms with Crippen LogP contribution < -0.4 is 14.8 Å². The number of nitrogens with one attached hydrogen (secondary N) is 2. The minimum absolute atomic E-state index is 0.231. The number of aromatic nitrogens is 3. The van der Waals surface area contributed by atoms with Crippen molar-refractivity contribution in [2.24, 2.45) is 0 Å². The zero-order valence-corrected chi connectivity index (χ0v) is 15.7. The van der Waals surface area contributed by atoms with E-state index in [2.05, 4.69) is 20.5 Å². The van der Waals surface area contributed by atoms with E-state index in [9.17, 15) is 4.79 Å². The maximum absolute atomic E-state index is 12.9. The Morgan fingerprint density at radius 3 is 2.52 bits per heavy atom. The predicted octanol–water partition coefficient (Wildman–Crippen LogP) is 3.86. The average Bonchev–Trinajstić information content (AvgIpc) is 3.18. The van der Waals surface area contributed by atoms with Gasteiger partial charge in [0, 0.05) is 11.5 Å². The number of ether oxygens (including phenoxy) is 2. The van der Waals surface area contributed by atoms with E-state index in [1.807, 2.05) is 38.1 Å². The maximum Gasteiger partial charge on any atom is 0.259 e. The van der Waals surface area contributed by atoms with E-state index in [-0.39, 0.29) is 11.8 Å². The third kappa shape index (κ3) is 3.76. The van der Waals surface area contributed by atoms with Crippen LogP contribution in [0.25, 0.3) is 11.4 Å². The molecule has 3 rings (SSSR count). The molecule has 0 spiro atoms. The van der Waals surface area contributed by atoms with E-state index < -0.39 is 0 Å². The number of amides is 1. The molecule has 2 N–H and O–H groups in total. The molecular weight excluding hydrogens is 344 g/mol. The van der Waals surface area contributed by atoms with E-state index in [1.54, 1.807) is 18.2 Å². The summed E-state index contributed by atoms with van der Waals surface area (Å²) in [6.45, 7) is 4.07. The number of nitrogens with zero attached hydrogens (tertiary/aromatic N) is 2. The number of H-pyrrole nitrogens is 1. The van der Waals surface area contributed by atoms with Crippen molar-refractivity contribution in [2.75, 3.05) is 19.5 Å². The number of benzene rings is 2. The molecule has 140 valence electrons. The van der Waals surface area contributed by atoms with Gasteiger partial charge in [-0.05, 0) is 24.3 Å². The van der Waals surface area contributed by atoms with Gasteiger partial charge in [-0.2, -0.15) is 5.10 Å². The Balaban J connectivity index is 1.94. The summed E-state index contributed by atoms with van der Waals surface area (Å²) < 4.78 is 10.6. The second-order valence-corrected chi connectivity index (χ2v) is 6.24. The second-order valence-electron chi connectivity index (χ2n) is 6.24. The van der Waals surface area contributed by atoms with E-state index in [0.717, 1.165) is 11.4 Å². The number of carbonyl (C=O) groups excluding carboxylic acids is 1. The van der Waals surface area contributed by atoms with Gasteiger partial charge in [0.2, 0.25) is 0 Å². The molecule has 0 aliphatic rings. The summed E-state index contributed by atoms with van der Waals surface area (Å²) in [6.07, 6.45) is 0. The molecule has 2 aromatic carbocycles. The third-order valence-corrected chi connectivity index (χ3v) is 4.11. The molecule has 3 aromatic rings. The van der Waals surface area contributed by atoms with Gasteiger partial charge in [-0.15, -0.1) is 0 Å². The van der Waals surface area contributed by atoms with Crippen molar-refractivity contribution in [3.8, 4) is 22.9 Å². The molecule has 0 atom stereocenters. The van der Waals surface area contributed by atoms with Gasteiger partial charge in [0.15, 0.2) is 17.3 Å². The summed E-state index contributed by atoms with van der Waals surface area (Å²) in [6, 6.07) is 12.6. The van der Waals surface area contributed by atoms with E-state index in [4.69, 9.17) is 9.47 Å². The van der Waals surface area contributed by atoms with Crippen molar-refractivity contribution in [3.63, 3.8) is 0 Å². The fraction of sp³-hybridized carbons (Fsp3) is 0.250. The molecule has 0 radical (unpaired) electrons. The number of carbonyl (C=O) groups is 1. The number of anilines is 1. The number of hydrogen-bond donors (Lipinski definition) is 2. The predicted molar refractivity (Wildman–Crippen MR) is 103 cm³/mol. The van der Waals surface area contributed by atoms with Gasteiger partial charge in [0.05, 0.1) is 25.5 Å². The second kappa shape index (κ2) is 7.90. The molecule has 0 saturated heterocycles. The SMILES string of the molecule is COc1cccc(C(=O)Nc2ccccc2-c2n[nH]c(C(C)C)n2)c1OC. The van der Waals surface area contributed by atoms with Crippen LogP contribution in [0, 0.1) is 0 Å². The van der Waals surface area contributed by atoms with Crippen molar-refractivity contribution in [1.29, 1.82) is 0 Å². The lowest BCUT2D eigenvalue weighted by molar-refractivity contribution is 0.102. The third-order valence-electron chi connectivity index (χ3n) is 4.11. The van der Waals surface area contributed by atoms with Gasteiger partial charge < -0.3 is 14.8 Å². The lowest BCUT2D eigenvalue weighted by Gasteiger charge is -2.13. The fourth-order valence-corrected chi connectivity index (χ4v) is 2.70. The number of rotatable bonds is 6. The Hall–Kier alpha value is -3.35. The number of hydrogen-bond acceptors (Lipinski definition) is 5. The smallest absolute Gasteiger partial charge is 0.259 e. The van der Waals surface area contributed by atoms with Gasteiger partial charge in [-0.1, -0.05) is 32.0 Å². The van der Waals surface area contributed by atoms with Gasteiger partial charge in [-0.25, -0.2) is 4.98 Å². The zero-order chi connectivity index (χ0) is 19.4. The first-order chi connectivity index (χ1) is 13.0. The molecule has 1 heterocycles. The molecule has 0 fully saturated rings. The minimum Gasteiger partial charge on any atom is -0.493 e. The molecule has 0 aliphatic heterocycles. The van der Waals surface area contributed by atoms with Gasteiger partial charge in [0.25, 0.3) is 5.91 Å². The summed E-state index contributed by atoms with van der Waals surface area (Å²) in [4.78, 5) is 17.4. The van der Waals surface area contributed by atoms with Crippen LogP contribution in [-0.4, -0.2) is 35.3 Å². The topological polar surface area (TPSA) is 89.1 Å².